The molecule has 0 saturated carbocycles. The van der Waals surface area contributed by atoms with Crippen molar-refractivity contribution in [2.75, 3.05) is 19.7 Å². The lowest BCUT2D eigenvalue weighted by Crippen LogP contribution is -2.56. The van der Waals surface area contributed by atoms with Crippen LogP contribution in [0.3, 0.4) is 0 Å². The van der Waals surface area contributed by atoms with Crippen LogP contribution in [0.15, 0.2) is 0 Å². The van der Waals surface area contributed by atoms with E-state index in [4.69, 9.17) is 0 Å². The quantitative estimate of drug-likeness (QED) is 0.485. The summed E-state index contributed by atoms with van der Waals surface area (Å²) in [7, 11) is 0. The van der Waals surface area contributed by atoms with Gasteiger partial charge in [0.05, 0.1) is 24.9 Å². The summed E-state index contributed by atoms with van der Waals surface area (Å²) in [5.41, 5.74) is 0. The van der Waals surface area contributed by atoms with Crippen molar-refractivity contribution in [3.63, 3.8) is 0 Å². The minimum Gasteiger partial charge on any atom is -0.395 e. The van der Waals surface area contributed by atoms with E-state index in [1.807, 2.05) is 0 Å². The monoisotopic (exact) mass is 315 g/mol. The van der Waals surface area contributed by atoms with E-state index in [2.05, 4.69) is 11.8 Å². The summed E-state index contributed by atoms with van der Waals surface area (Å²) in [6.07, 6.45) is 12.3. The summed E-state index contributed by atoms with van der Waals surface area (Å²) in [5, 5.41) is 29.0. The van der Waals surface area contributed by atoms with Crippen molar-refractivity contribution in [1.82, 2.24) is 4.90 Å². The first-order valence-electron chi connectivity index (χ1n) is 9.41. The zero-order valence-electron chi connectivity index (χ0n) is 14.4. The van der Waals surface area contributed by atoms with Crippen LogP contribution in [-0.2, 0) is 0 Å². The second kappa shape index (κ2) is 12.3. The van der Waals surface area contributed by atoms with Crippen LogP contribution < -0.4 is 0 Å². The van der Waals surface area contributed by atoms with Gasteiger partial charge in [-0.2, -0.15) is 0 Å². The summed E-state index contributed by atoms with van der Waals surface area (Å²) >= 11 is 0. The summed E-state index contributed by atoms with van der Waals surface area (Å²) in [6, 6.07) is -0.290. The minimum atomic E-state index is -0.804. The molecule has 0 spiro atoms. The maximum atomic E-state index is 9.92. The first-order valence-corrected chi connectivity index (χ1v) is 9.41. The van der Waals surface area contributed by atoms with E-state index in [1.54, 1.807) is 0 Å². The molecule has 1 saturated heterocycles. The maximum absolute atomic E-state index is 9.92. The van der Waals surface area contributed by atoms with Crippen molar-refractivity contribution in [3.8, 4) is 0 Å². The van der Waals surface area contributed by atoms with Crippen molar-refractivity contribution >= 4 is 0 Å². The van der Waals surface area contributed by atoms with Gasteiger partial charge in [-0.3, -0.25) is 4.90 Å². The Kier molecular flexibility index (Phi) is 11.1. The first kappa shape index (κ1) is 19.9. The van der Waals surface area contributed by atoms with Crippen molar-refractivity contribution in [1.29, 1.82) is 0 Å². The predicted molar refractivity (Wildman–Crippen MR) is 90.9 cm³/mol. The van der Waals surface area contributed by atoms with Gasteiger partial charge < -0.3 is 15.3 Å². The molecule has 1 aliphatic heterocycles. The highest BCUT2D eigenvalue weighted by molar-refractivity contribution is 4.88. The summed E-state index contributed by atoms with van der Waals surface area (Å²) in [6.45, 7) is 3.88. The SMILES string of the molecule is CCCCCCCCCCCCN1CC[C@@H](O)[C@H](O)[C@H]1CO. The van der Waals surface area contributed by atoms with Crippen LogP contribution in [0.4, 0.5) is 0 Å². The van der Waals surface area contributed by atoms with Crippen LogP contribution in [0.1, 0.15) is 77.6 Å². The molecule has 3 N–H and O–H groups in total. The topological polar surface area (TPSA) is 63.9 Å². The molecule has 1 fully saturated rings. The van der Waals surface area contributed by atoms with E-state index in [0.29, 0.717) is 6.42 Å². The molecular weight excluding hydrogens is 278 g/mol. The normalized spacial score (nSPS) is 26.5. The Hall–Kier alpha value is -0.160. The molecule has 1 heterocycles. The molecule has 0 aliphatic carbocycles. The Balaban J connectivity index is 2.00. The number of aliphatic hydroxyl groups excluding tert-OH is 3. The number of likely N-dealkylation sites (tertiary alicyclic amines) is 1. The second-order valence-corrected chi connectivity index (χ2v) is 6.81. The van der Waals surface area contributed by atoms with Gasteiger partial charge in [0, 0.05) is 6.54 Å². The molecule has 0 aromatic carbocycles. The third-order valence-electron chi connectivity index (χ3n) is 4.96. The highest BCUT2D eigenvalue weighted by atomic mass is 16.3. The highest BCUT2D eigenvalue weighted by Gasteiger charge is 2.34. The van der Waals surface area contributed by atoms with Gasteiger partial charge in [0.15, 0.2) is 0 Å². The number of piperidine rings is 1. The van der Waals surface area contributed by atoms with Gasteiger partial charge in [0.25, 0.3) is 0 Å². The molecule has 0 aromatic heterocycles. The van der Waals surface area contributed by atoms with Gasteiger partial charge in [0.1, 0.15) is 0 Å². The lowest BCUT2D eigenvalue weighted by Gasteiger charge is -2.40. The van der Waals surface area contributed by atoms with Crippen LogP contribution in [0.25, 0.3) is 0 Å². The smallest absolute Gasteiger partial charge is 0.0976 e. The van der Waals surface area contributed by atoms with E-state index in [1.165, 1.54) is 57.8 Å². The van der Waals surface area contributed by atoms with Gasteiger partial charge >= 0.3 is 0 Å². The Labute approximate surface area is 136 Å². The van der Waals surface area contributed by atoms with Crippen LogP contribution in [0, 0.1) is 0 Å². The molecule has 0 radical (unpaired) electrons. The summed E-state index contributed by atoms with van der Waals surface area (Å²) in [4.78, 5) is 2.14. The molecule has 1 aliphatic rings. The van der Waals surface area contributed by atoms with Crippen LogP contribution in [-0.4, -0.2) is 58.2 Å². The van der Waals surface area contributed by atoms with E-state index < -0.39 is 12.2 Å². The third kappa shape index (κ3) is 7.40. The van der Waals surface area contributed by atoms with Crippen LogP contribution in [0.5, 0.6) is 0 Å². The molecule has 4 heteroatoms. The Morgan fingerprint density at radius 1 is 0.864 bits per heavy atom. The fourth-order valence-electron chi connectivity index (χ4n) is 3.41. The van der Waals surface area contributed by atoms with Gasteiger partial charge in [-0.15, -0.1) is 0 Å². The molecule has 132 valence electrons. The fourth-order valence-corrected chi connectivity index (χ4v) is 3.41. The van der Waals surface area contributed by atoms with Crippen LogP contribution in [0.2, 0.25) is 0 Å². The first-order chi connectivity index (χ1) is 10.7. The lowest BCUT2D eigenvalue weighted by atomic mass is 9.96. The maximum Gasteiger partial charge on any atom is 0.0976 e. The standard InChI is InChI=1S/C18H37NO3/c1-2-3-4-5-6-7-8-9-10-11-13-19-14-12-17(21)18(22)16(19)15-20/h16-18,20-22H,2-15H2,1H3/t16-,17-,18-/m1/s1. The highest BCUT2D eigenvalue weighted by Crippen LogP contribution is 2.19. The van der Waals surface area contributed by atoms with E-state index in [-0.39, 0.29) is 12.6 Å². The Bertz CT molecular complexity index is 263. The zero-order chi connectivity index (χ0) is 16.2. The molecular formula is C18H37NO3. The van der Waals surface area contributed by atoms with Gasteiger partial charge in [-0.1, -0.05) is 64.7 Å². The molecule has 3 atom stereocenters. The van der Waals surface area contributed by atoms with Gasteiger partial charge in [-0.05, 0) is 19.4 Å². The molecule has 0 aromatic rings. The molecule has 22 heavy (non-hydrogen) atoms. The number of hydrogen-bond donors (Lipinski definition) is 3. The van der Waals surface area contributed by atoms with Crippen molar-refractivity contribution in [3.05, 3.63) is 0 Å². The lowest BCUT2D eigenvalue weighted by molar-refractivity contribution is -0.0896. The predicted octanol–water partition coefficient (Wildman–Crippen LogP) is 2.70. The Morgan fingerprint density at radius 3 is 1.95 bits per heavy atom. The van der Waals surface area contributed by atoms with E-state index >= 15 is 0 Å². The summed E-state index contributed by atoms with van der Waals surface area (Å²) < 4.78 is 0. The fraction of sp³-hybridized carbons (Fsp3) is 1.00. The molecule has 1 rings (SSSR count). The molecule has 4 nitrogen and oxygen atoms in total. The summed E-state index contributed by atoms with van der Waals surface area (Å²) in [5.74, 6) is 0. The number of nitrogens with zero attached hydrogens (tertiary/aromatic N) is 1. The molecule has 0 amide bonds. The molecule has 0 unspecified atom stereocenters. The zero-order valence-corrected chi connectivity index (χ0v) is 14.4. The van der Waals surface area contributed by atoms with Crippen molar-refractivity contribution < 1.29 is 15.3 Å². The molecule has 0 bridgehead atoms. The largest absolute Gasteiger partial charge is 0.395 e. The van der Waals surface area contributed by atoms with Gasteiger partial charge in [0.2, 0.25) is 0 Å². The number of rotatable bonds is 12. The van der Waals surface area contributed by atoms with Crippen molar-refractivity contribution in [2.24, 2.45) is 0 Å². The van der Waals surface area contributed by atoms with Crippen molar-refractivity contribution in [2.45, 2.75) is 95.8 Å². The Morgan fingerprint density at radius 2 is 1.41 bits per heavy atom. The second-order valence-electron chi connectivity index (χ2n) is 6.81. The minimum absolute atomic E-state index is 0.0734. The average Bonchev–Trinajstić information content (AvgIpc) is 2.52. The van der Waals surface area contributed by atoms with E-state index in [9.17, 15) is 15.3 Å². The number of unbranched alkanes of at least 4 members (excludes halogenated alkanes) is 9. The third-order valence-corrected chi connectivity index (χ3v) is 4.96. The van der Waals surface area contributed by atoms with E-state index in [0.717, 1.165) is 19.5 Å². The number of hydrogen-bond acceptors (Lipinski definition) is 4. The van der Waals surface area contributed by atoms with Gasteiger partial charge in [-0.25, -0.2) is 0 Å². The number of aliphatic hydroxyl groups is 3. The van der Waals surface area contributed by atoms with Crippen LogP contribution >= 0.6 is 0 Å². The average molecular weight is 315 g/mol.